The number of aliphatic carboxylic acids is 1. The second kappa shape index (κ2) is 10.7. The molecule has 2 aromatic rings. The maximum atomic E-state index is 13.7. The van der Waals surface area contributed by atoms with Gasteiger partial charge in [0.15, 0.2) is 17.4 Å². The van der Waals surface area contributed by atoms with E-state index in [2.05, 4.69) is 16.8 Å². The molecule has 1 aromatic carbocycles. The van der Waals surface area contributed by atoms with Gasteiger partial charge >= 0.3 is 5.97 Å². The van der Waals surface area contributed by atoms with Gasteiger partial charge in [-0.15, -0.1) is 0 Å². The molecule has 0 radical (unpaired) electrons. The lowest BCUT2D eigenvalue weighted by molar-refractivity contribution is -0.143. The quantitative estimate of drug-likeness (QED) is 0.426. The number of benzene rings is 1. The van der Waals surface area contributed by atoms with Gasteiger partial charge in [-0.05, 0) is 87.1 Å². The number of Topliss-reactive ketones (excluding diaryl/α,β-unsaturated/α-hetero) is 1. The van der Waals surface area contributed by atoms with E-state index in [1.165, 1.54) is 24.5 Å². The van der Waals surface area contributed by atoms with Gasteiger partial charge in [0.1, 0.15) is 17.0 Å². The number of carboxylic acid groups (broad SMARTS) is 1. The highest BCUT2D eigenvalue weighted by molar-refractivity contribution is 6.29. The minimum absolute atomic E-state index is 0.0158. The van der Waals surface area contributed by atoms with Gasteiger partial charge in [0.25, 0.3) is 0 Å². The van der Waals surface area contributed by atoms with Crippen molar-refractivity contribution in [3.63, 3.8) is 0 Å². The summed E-state index contributed by atoms with van der Waals surface area (Å²) in [5.74, 6) is 2.23. The predicted octanol–water partition coefficient (Wildman–Crippen LogP) is 4.84. The fourth-order valence-corrected chi connectivity index (χ4v) is 4.35. The topological polar surface area (TPSA) is 92.4 Å². The molecule has 0 amide bonds. The zero-order valence-electron chi connectivity index (χ0n) is 19.1. The summed E-state index contributed by atoms with van der Waals surface area (Å²) in [6.45, 7) is 2.97. The largest absolute Gasteiger partial charge is 0.481 e. The number of hydrogen-bond donors (Lipinski definition) is 2. The van der Waals surface area contributed by atoms with Gasteiger partial charge in [0.05, 0.1) is 12.5 Å². The summed E-state index contributed by atoms with van der Waals surface area (Å²) in [6.07, 6.45) is 3.43. The van der Waals surface area contributed by atoms with Crippen molar-refractivity contribution in [3.8, 4) is 11.8 Å². The van der Waals surface area contributed by atoms with E-state index in [-0.39, 0.29) is 47.3 Å². The Morgan fingerprint density at radius 3 is 2.47 bits per heavy atom. The normalized spacial score (nSPS) is 18.3. The Morgan fingerprint density at radius 1 is 1.21 bits per heavy atom. The van der Waals surface area contributed by atoms with Crippen LogP contribution in [0, 0.1) is 35.3 Å². The smallest absolute Gasteiger partial charge is 0.306 e. The van der Waals surface area contributed by atoms with Crippen LogP contribution < -0.4 is 0 Å². The summed E-state index contributed by atoms with van der Waals surface area (Å²) in [5.41, 5.74) is -0.680. The van der Waals surface area contributed by atoms with E-state index in [9.17, 15) is 23.5 Å². The standard InChI is InChI=1S/C25H27ClF2N2O4/c1-25(2,34)12-11-20-22(21(31)10-6-15-3-7-17(8-4-15)23(32)33)30(24(26)29-20)14-16-5-9-18(27)19(28)13-16/h5,9,13,15,17,34H,3-4,6-8,10,14H2,1-2H3,(H,32,33). The second-order valence-corrected chi connectivity index (χ2v) is 9.58. The molecule has 34 heavy (non-hydrogen) atoms. The molecule has 0 atom stereocenters. The van der Waals surface area contributed by atoms with Crippen molar-refractivity contribution in [1.29, 1.82) is 0 Å². The number of rotatable bonds is 7. The molecule has 0 spiro atoms. The Hall–Kier alpha value is -2.76. The Morgan fingerprint density at radius 2 is 1.88 bits per heavy atom. The van der Waals surface area contributed by atoms with Crippen LogP contribution >= 0.6 is 11.6 Å². The van der Waals surface area contributed by atoms with Gasteiger partial charge in [-0.1, -0.05) is 12.0 Å². The minimum atomic E-state index is -1.32. The Bertz CT molecular complexity index is 1140. The van der Waals surface area contributed by atoms with Gasteiger partial charge < -0.3 is 14.8 Å². The molecule has 0 aliphatic heterocycles. The lowest BCUT2D eigenvalue weighted by Gasteiger charge is -2.25. The number of hydrogen-bond acceptors (Lipinski definition) is 4. The second-order valence-electron chi connectivity index (χ2n) is 9.24. The number of carbonyl (C=O) groups is 2. The van der Waals surface area contributed by atoms with Crippen LogP contribution in [-0.2, 0) is 11.3 Å². The summed E-state index contributed by atoms with van der Waals surface area (Å²) in [6, 6.07) is 3.43. The molecule has 1 aliphatic rings. The zero-order valence-corrected chi connectivity index (χ0v) is 19.8. The molecule has 2 N–H and O–H groups in total. The van der Waals surface area contributed by atoms with Crippen LogP contribution in [0.3, 0.4) is 0 Å². The highest BCUT2D eigenvalue weighted by Crippen LogP contribution is 2.32. The zero-order chi connectivity index (χ0) is 25.0. The summed E-state index contributed by atoms with van der Waals surface area (Å²) < 4.78 is 28.5. The molecule has 3 rings (SSSR count). The number of nitrogens with zero attached hydrogens (tertiary/aromatic N) is 2. The lowest BCUT2D eigenvalue weighted by Crippen LogP contribution is -2.22. The highest BCUT2D eigenvalue weighted by atomic mass is 35.5. The molecule has 1 aromatic heterocycles. The molecule has 182 valence electrons. The van der Waals surface area contributed by atoms with E-state index in [1.54, 1.807) is 0 Å². The third-order valence-electron chi connectivity index (χ3n) is 5.97. The number of aliphatic hydroxyl groups is 1. The van der Waals surface area contributed by atoms with E-state index in [4.69, 9.17) is 16.7 Å². The van der Waals surface area contributed by atoms with Crippen LogP contribution in [0.5, 0.6) is 0 Å². The first-order valence-corrected chi connectivity index (χ1v) is 11.5. The Labute approximate surface area is 202 Å². The maximum Gasteiger partial charge on any atom is 0.306 e. The molecule has 0 bridgehead atoms. The summed E-state index contributed by atoms with van der Waals surface area (Å²) in [5, 5.41) is 19.1. The Kier molecular flexibility index (Phi) is 8.11. The fourth-order valence-electron chi connectivity index (χ4n) is 4.12. The van der Waals surface area contributed by atoms with Crippen LogP contribution in [0.4, 0.5) is 8.78 Å². The average Bonchev–Trinajstić information content (AvgIpc) is 3.08. The fraction of sp³-hybridized carbons (Fsp3) is 0.480. The van der Waals surface area contributed by atoms with E-state index < -0.39 is 23.2 Å². The molecule has 1 heterocycles. The van der Waals surface area contributed by atoms with Crippen molar-refractivity contribution in [2.45, 2.75) is 64.5 Å². The molecule has 9 heteroatoms. The van der Waals surface area contributed by atoms with Gasteiger partial charge in [-0.25, -0.2) is 13.8 Å². The molecular formula is C25H27ClF2N2O4. The number of imidazole rings is 1. The van der Waals surface area contributed by atoms with Crippen LogP contribution in [0.25, 0.3) is 0 Å². The van der Waals surface area contributed by atoms with Crippen molar-refractivity contribution < 1.29 is 28.6 Å². The number of ketones is 1. The van der Waals surface area contributed by atoms with E-state index >= 15 is 0 Å². The molecule has 0 unspecified atom stereocenters. The van der Waals surface area contributed by atoms with Crippen molar-refractivity contribution in [2.75, 3.05) is 0 Å². The van der Waals surface area contributed by atoms with Crippen molar-refractivity contribution in [3.05, 3.63) is 52.1 Å². The van der Waals surface area contributed by atoms with E-state index in [0.717, 1.165) is 25.0 Å². The van der Waals surface area contributed by atoms with Gasteiger partial charge in [-0.3, -0.25) is 9.59 Å². The maximum absolute atomic E-state index is 13.7. The van der Waals surface area contributed by atoms with Gasteiger partial charge in [0, 0.05) is 6.42 Å². The van der Waals surface area contributed by atoms with Crippen LogP contribution in [0.15, 0.2) is 18.2 Å². The summed E-state index contributed by atoms with van der Waals surface area (Å²) in [7, 11) is 0. The third kappa shape index (κ3) is 6.64. The van der Waals surface area contributed by atoms with Gasteiger partial charge in [0.2, 0.25) is 5.28 Å². The average molecular weight is 493 g/mol. The third-order valence-corrected chi connectivity index (χ3v) is 6.26. The number of carboxylic acids is 1. The van der Waals surface area contributed by atoms with Crippen molar-refractivity contribution in [2.24, 2.45) is 11.8 Å². The predicted molar refractivity (Wildman–Crippen MR) is 123 cm³/mol. The number of aromatic nitrogens is 2. The molecule has 1 fully saturated rings. The lowest BCUT2D eigenvalue weighted by atomic mass is 9.79. The number of halogens is 3. The van der Waals surface area contributed by atoms with Gasteiger partial charge in [-0.2, -0.15) is 0 Å². The molecule has 1 aliphatic carbocycles. The first kappa shape index (κ1) is 25.9. The molecule has 6 nitrogen and oxygen atoms in total. The van der Waals surface area contributed by atoms with E-state index in [1.807, 2.05) is 0 Å². The minimum Gasteiger partial charge on any atom is -0.481 e. The Balaban J connectivity index is 1.84. The van der Waals surface area contributed by atoms with Crippen LogP contribution in [0.2, 0.25) is 5.28 Å². The SMILES string of the molecule is CC(C)(O)C#Cc1nc(Cl)n(Cc2ccc(F)c(F)c2)c1C(=O)CCC1CCC(C(=O)O)CC1. The molecular weight excluding hydrogens is 466 g/mol. The summed E-state index contributed by atoms with van der Waals surface area (Å²) in [4.78, 5) is 28.6. The molecule has 1 saturated carbocycles. The van der Waals surface area contributed by atoms with E-state index in [0.29, 0.717) is 24.8 Å². The van der Waals surface area contributed by atoms with Crippen molar-refractivity contribution in [1.82, 2.24) is 9.55 Å². The highest BCUT2D eigenvalue weighted by Gasteiger charge is 2.28. The monoisotopic (exact) mass is 492 g/mol. The summed E-state index contributed by atoms with van der Waals surface area (Å²) >= 11 is 6.31. The molecule has 0 saturated heterocycles. The number of carbonyl (C=O) groups excluding carboxylic acids is 1. The first-order chi connectivity index (χ1) is 15.9. The van der Waals surface area contributed by atoms with Crippen LogP contribution in [-0.4, -0.2) is 37.1 Å². The first-order valence-electron chi connectivity index (χ1n) is 11.2. The van der Waals surface area contributed by atoms with Crippen LogP contribution in [0.1, 0.15) is 74.1 Å². The van der Waals surface area contributed by atoms with Crippen molar-refractivity contribution >= 4 is 23.4 Å².